The first kappa shape index (κ1) is 11.0. The molecule has 1 atom stereocenters. The Kier molecular flexibility index (Phi) is 3.10. The van der Waals surface area contributed by atoms with Crippen LogP contribution in [-0.2, 0) is 9.59 Å². The summed E-state index contributed by atoms with van der Waals surface area (Å²) in [4.78, 5) is 22.4. The van der Waals surface area contributed by atoms with E-state index in [-0.39, 0.29) is 18.4 Å². The highest BCUT2D eigenvalue weighted by Gasteiger charge is 2.30. The van der Waals surface area contributed by atoms with Crippen LogP contribution in [-0.4, -0.2) is 35.1 Å². The highest BCUT2D eigenvalue weighted by molar-refractivity contribution is 5.91. The highest BCUT2D eigenvalue weighted by Crippen LogP contribution is 2.08. The number of nitrogens with one attached hydrogen (secondary N) is 2. The molecule has 1 aliphatic heterocycles. The van der Waals surface area contributed by atoms with E-state index < -0.39 is 11.6 Å². The molecule has 0 radical (unpaired) electrons. The van der Waals surface area contributed by atoms with Gasteiger partial charge >= 0.3 is 0 Å². The van der Waals surface area contributed by atoms with E-state index in [1.807, 2.05) is 0 Å². The van der Waals surface area contributed by atoms with Gasteiger partial charge in [-0.3, -0.25) is 9.59 Å². The van der Waals surface area contributed by atoms with E-state index in [9.17, 15) is 9.59 Å². The van der Waals surface area contributed by atoms with Gasteiger partial charge in [0.25, 0.3) is 0 Å². The van der Waals surface area contributed by atoms with E-state index in [2.05, 4.69) is 10.6 Å². The summed E-state index contributed by atoms with van der Waals surface area (Å²) in [6.45, 7) is 3.32. The third-order valence-electron chi connectivity index (χ3n) is 2.17. The van der Waals surface area contributed by atoms with Gasteiger partial charge in [-0.15, -0.1) is 0 Å². The summed E-state index contributed by atoms with van der Waals surface area (Å²) in [6.07, 6.45) is 0.934. The minimum absolute atomic E-state index is 0.0908. The number of rotatable bonds is 3. The lowest BCUT2D eigenvalue weighted by atomic mass is 10.1. The fourth-order valence-electron chi connectivity index (χ4n) is 1.27. The zero-order chi connectivity index (χ0) is 10.8. The predicted molar refractivity (Wildman–Crippen MR) is 50.5 cm³/mol. The predicted octanol–water partition coefficient (Wildman–Crippen LogP) is -0.848. The number of amides is 2. The zero-order valence-corrected chi connectivity index (χ0v) is 8.46. The van der Waals surface area contributed by atoms with Gasteiger partial charge in [0, 0.05) is 6.42 Å². The topological polar surface area (TPSA) is 78.4 Å². The maximum Gasteiger partial charge on any atom is 0.243 e. The molecule has 0 bridgehead atoms. The van der Waals surface area contributed by atoms with Crippen LogP contribution >= 0.6 is 0 Å². The van der Waals surface area contributed by atoms with Crippen molar-refractivity contribution in [2.75, 3.05) is 6.61 Å². The van der Waals surface area contributed by atoms with Crippen molar-refractivity contribution in [3.8, 4) is 0 Å². The van der Waals surface area contributed by atoms with Gasteiger partial charge in [0.15, 0.2) is 0 Å². The summed E-state index contributed by atoms with van der Waals surface area (Å²) in [5.41, 5.74) is -0.635. The van der Waals surface area contributed by atoms with Gasteiger partial charge in [-0.1, -0.05) is 0 Å². The number of aliphatic hydroxyl groups excluding tert-OH is 1. The Bertz CT molecular complexity index is 250. The standard InChI is InChI=1S/C9H16N2O3/c1-9(2,5-12)11-8(14)6-3-4-7(13)10-6/h6,12H,3-5H2,1-2H3,(H,10,13)(H,11,14)/t6-/m1/s1. The van der Waals surface area contributed by atoms with Gasteiger partial charge in [0.1, 0.15) is 6.04 Å². The molecule has 1 fully saturated rings. The maximum atomic E-state index is 11.5. The van der Waals surface area contributed by atoms with Crippen molar-refractivity contribution in [1.82, 2.24) is 10.6 Å². The summed E-state index contributed by atoms with van der Waals surface area (Å²) >= 11 is 0. The monoisotopic (exact) mass is 200 g/mol. The molecular weight excluding hydrogens is 184 g/mol. The van der Waals surface area contributed by atoms with Gasteiger partial charge in [0.05, 0.1) is 12.1 Å². The molecule has 1 heterocycles. The summed E-state index contributed by atoms with van der Waals surface area (Å²) < 4.78 is 0. The van der Waals surface area contributed by atoms with E-state index in [0.717, 1.165) is 0 Å². The Balaban J connectivity index is 2.46. The summed E-state index contributed by atoms with van der Waals surface area (Å²) in [6, 6.07) is -0.437. The Morgan fingerprint density at radius 2 is 2.36 bits per heavy atom. The second-order valence-electron chi connectivity index (χ2n) is 4.19. The van der Waals surface area contributed by atoms with Crippen molar-refractivity contribution >= 4 is 11.8 Å². The summed E-state index contributed by atoms with van der Waals surface area (Å²) in [5.74, 6) is -0.318. The largest absolute Gasteiger partial charge is 0.394 e. The molecule has 1 rings (SSSR count). The molecule has 0 aliphatic carbocycles. The molecular formula is C9H16N2O3. The highest BCUT2D eigenvalue weighted by atomic mass is 16.3. The number of carbonyl (C=O) groups is 2. The second-order valence-corrected chi connectivity index (χ2v) is 4.19. The Hall–Kier alpha value is -1.10. The molecule has 14 heavy (non-hydrogen) atoms. The normalized spacial score (nSPS) is 21.9. The first-order valence-electron chi connectivity index (χ1n) is 4.67. The Morgan fingerprint density at radius 3 is 2.79 bits per heavy atom. The van der Waals surface area contributed by atoms with E-state index in [4.69, 9.17) is 5.11 Å². The molecule has 1 aliphatic rings. The van der Waals surface area contributed by atoms with Crippen LogP contribution in [0, 0.1) is 0 Å². The van der Waals surface area contributed by atoms with Crippen LogP contribution in [0.5, 0.6) is 0 Å². The van der Waals surface area contributed by atoms with Crippen molar-refractivity contribution in [3.05, 3.63) is 0 Å². The lowest BCUT2D eigenvalue weighted by Crippen LogP contribution is -2.52. The molecule has 0 aromatic rings. The summed E-state index contributed by atoms with van der Waals surface area (Å²) in [5, 5.41) is 14.2. The van der Waals surface area contributed by atoms with Crippen LogP contribution in [0.25, 0.3) is 0 Å². The lowest BCUT2D eigenvalue weighted by Gasteiger charge is -2.25. The molecule has 2 amide bonds. The van der Waals surface area contributed by atoms with Crippen molar-refractivity contribution in [3.63, 3.8) is 0 Å². The molecule has 80 valence electrons. The van der Waals surface area contributed by atoms with Gasteiger partial charge in [0.2, 0.25) is 11.8 Å². The second kappa shape index (κ2) is 3.96. The van der Waals surface area contributed by atoms with Gasteiger partial charge in [-0.05, 0) is 20.3 Å². The Morgan fingerprint density at radius 1 is 1.71 bits per heavy atom. The van der Waals surface area contributed by atoms with Crippen LogP contribution in [0.1, 0.15) is 26.7 Å². The first-order valence-corrected chi connectivity index (χ1v) is 4.67. The number of carbonyl (C=O) groups excluding carboxylic acids is 2. The van der Waals surface area contributed by atoms with E-state index in [0.29, 0.717) is 12.8 Å². The van der Waals surface area contributed by atoms with Crippen LogP contribution in [0.15, 0.2) is 0 Å². The third kappa shape index (κ3) is 2.70. The average molecular weight is 200 g/mol. The fraction of sp³-hybridized carbons (Fsp3) is 0.778. The third-order valence-corrected chi connectivity index (χ3v) is 2.17. The lowest BCUT2D eigenvalue weighted by molar-refractivity contribution is -0.127. The maximum absolute atomic E-state index is 11.5. The minimum atomic E-state index is -0.635. The van der Waals surface area contributed by atoms with E-state index in [1.54, 1.807) is 13.8 Å². The van der Waals surface area contributed by atoms with Crippen molar-refractivity contribution in [2.24, 2.45) is 0 Å². The van der Waals surface area contributed by atoms with Crippen molar-refractivity contribution in [2.45, 2.75) is 38.3 Å². The average Bonchev–Trinajstić information content (AvgIpc) is 2.51. The first-order chi connectivity index (χ1) is 6.44. The number of hydrogen-bond acceptors (Lipinski definition) is 3. The molecule has 3 N–H and O–H groups in total. The van der Waals surface area contributed by atoms with Crippen LogP contribution < -0.4 is 10.6 Å². The minimum Gasteiger partial charge on any atom is -0.394 e. The van der Waals surface area contributed by atoms with Crippen molar-refractivity contribution in [1.29, 1.82) is 0 Å². The quantitative estimate of drug-likeness (QED) is 0.555. The molecule has 0 aromatic heterocycles. The van der Waals surface area contributed by atoms with Gasteiger partial charge in [-0.2, -0.15) is 0 Å². The molecule has 1 saturated heterocycles. The van der Waals surface area contributed by atoms with Crippen LogP contribution in [0.3, 0.4) is 0 Å². The van der Waals surface area contributed by atoms with E-state index >= 15 is 0 Å². The molecule has 0 unspecified atom stereocenters. The van der Waals surface area contributed by atoms with Crippen LogP contribution in [0.2, 0.25) is 0 Å². The smallest absolute Gasteiger partial charge is 0.243 e. The molecule has 5 heteroatoms. The molecule has 0 aromatic carbocycles. The van der Waals surface area contributed by atoms with Crippen molar-refractivity contribution < 1.29 is 14.7 Å². The molecule has 5 nitrogen and oxygen atoms in total. The number of hydrogen-bond donors (Lipinski definition) is 3. The van der Waals surface area contributed by atoms with Crippen LogP contribution in [0.4, 0.5) is 0 Å². The van der Waals surface area contributed by atoms with E-state index in [1.165, 1.54) is 0 Å². The molecule has 0 saturated carbocycles. The number of aliphatic hydroxyl groups is 1. The fourth-order valence-corrected chi connectivity index (χ4v) is 1.27. The van der Waals surface area contributed by atoms with Gasteiger partial charge < -0.3 is 15.7 Å². The van der Waals surface area contributed by atoms with Gasteiger partial charge in [-0.25, -0.2) is 0 Å². The SMILES string of the molecule is CC(C)(CO)NC(=O)[C@H]1CCC(=O)N1. The summed E-state index contributed by atoms with van der Waals surface area (Å²) in [7, 11) is 0. The molecule has 0 spiro atoms. The Labute approximate surface area is 82.9 Å². The zero-order valence-electron chi connectivity index (χ0n) is 8.46.